The van der Waals surface area contributed by atoms with Crippen molar-refractivity contribution in [3.05, 3.63) is 82.9 Å². The Bertz CT molecular complexity index is 1140. The van der Waals surface area contributed by atoms with Crippen LogP contribution in [0.15, 0.2) is 66.9 Å². The third kappa shape index (κ3) is 4.80. The van der Waals surface area contributed by atoms with E-state index in [-0.39, 0.29) is 12.1 Å². The number of pyridine rings is 1. The van der Waals surface area contributed by atoms with Gasteiger partial charge < -0.3 is 15.0 Å². The zero-order chi connectivity index (χ0) is 21.8. The second-order valence-corrected chi connectivity index (χ2v) is 8.32. The molecule has 1 aromatic heterocycles. The zero-order valence-electron chi connectivity index (χ0n) is 18.6. The number of rotatable bonds is 6. The van der Waals surface area contributed by atoms with Gasteiger partial charge in [0.25, 0.3) is 0 Å². The summed E-state index contributed by atoms with van der Waals surface area (Å²) >= 11 is 0. The summed E-state index contributed by atoms with van der Waals surface area (Å²) in [4.78, 5) is 6.92. The molecule has 0 radical (unpaired) electrons. The molecule has 0 fully saturated rings. The van der Waals surface area contributed by atoms with Gasteiger partial charge in [-0.2, -0.15) is 0 Å². The van der Waals surface area contributed by atoms with Crippen LogP contribution in [-0.2, 0) is 0 Å². The van der Waals surface area contributed by atoms with Crippen LogP contribution < -0.4 is 25.4 Å². The first-order chi connectivity index (χ1) is 15.0. The van der Waals surface area contributed by atoms with Crippen LogP contribution >= 0.6 is 0 Å². The highest BCUT2D eigenvalue weighted by atomic mass is 16.5. The second-order valence-electron chi connectivity index (χ2n) is 8.32. The minimum atomic E-state index is 0.0955. The van der Waals surface area contributed by atoms with Gasteiger partial charge in [-0.25, -0.2) is 4.98 Å². The summed E-state index contributed by atoms with van der Waals surface area (Å²) in [5.41, 5.74) is 3.55. The normalized spacial score (nSPS) is 17.5. The lowest BCUT2D eigenvalue weighted by atomic mass is 10.1. The van der Waals surface area contributed by atoms with E-state index in [4.69, 9.17) is 4.74 Å². The number of aryl methyl sites for hydroxylation is 1. The van der Waals surface area contributed by atoms with E-state index >= 15 is 0 Å². The van der Waals surface area contributed by atoms with Crippen molar-refractivity contribution in [1.29, 1.82) is 0 Å². The summed E-state index contributed by atoms with van der Waals surface area (Å²) < 4.78 is 6.33. The third-order valence-corrected chi connectivity index (χ3v) is 6.02. The molecule has 0 bridgehead atoms. The maximum atomic E-state index is 6.33. The molecule has 0 amide bonds. The molecule has 1 aliphatic rings. The van der Waals surface area contributed by atoms with Gasteiger partial charge in [-0.3, -0.25) is 0 Å². The van der Waals surface area contributed by atoms with E-state index in [2.05, 4.69) is 78.9 Å². The van der Waals surface area contributed by atoms with Crippen molar-refractivity contribution in [2.75, 3.05) is 18.0 Å². The van der Waals surface area contributed by atoms with E-state index in [0.717, 1.165) is 47.5 Å². The maximum absolute atomic E-state index is 6.33. The number of benzene rings is 2. The fourth-order valence-electron chi connectivity index (χ4n) is 4.04. The molecule has 2 unspecified atom stereocenters. The van der Waals surface area contributed by atoms with E-state index in [1.165, 1.54) is 10.8 Å². The number of nitrogens with zero attached hydrogens (tertiary/aromatic N) is 2. The second kappa shape index (κ2) is 9.36. The third-order valence-electron chi connectivity index (χ3n) is 6.02. The number of fused-ring (bicyclic) bond motifs is 1. The van der Waals surface area contributed by atoms with Crippen molar-refractivity contribution in [3.8, 4) is 5.75 Å². The highest BCUT2D eigenvalue weighted by Gasteiger charge is 2.27. The van der Waals surface area contributed by atoms with Crippen molar-refractivity contribution >= 4 is 23.7 Å². The molecule has 31 heavy (non-hydrogen) atoms. The van der Waals surface area contributed by atoms with Gasteiger partial charge in [0, 0.05) is 12.2 Å². The SMILES string of the molecule is C=c1ccccc1=C(C)C(C)NCCC1CN(c2ccc(C)cn2)c2ccccc2O1. The van der Waals surface area contributed by atoms with Crippen molar-refractivity contribution in [2.24, 2.45) is 0 Å². The number of hydrogen-bond acceptors (Lipinski definition) is 4. The number of anilines is 2. The molecule has 1 aliphatic heterocycles. The first-order valence-electron chi connectivity index (χ1n) is 11.0. The lowest BCUT2D eigenvalue weighted by Gasteiger charge is -2.36. The molecule has 3 aromatic rings. The molecule has 2 atom stereocenters. The van der Waals surface area contributed by atoms with E-state index < -0.39 is 0 Å². The van der Waals surface area contributed by atoms with Crippen LogP contribution in [0.1, 0.15) is 25.8 Å². The molecule has 4 rings (SSSR count). The minimum Gasteiger partial charge on any atom is -0.486 e. The first-order valence-corrected chi connectivity index (χ1v) is 11.0. The topological polar surface area (TPSA) is 37.4 Å². The Hall–Kier alpha value is -3.11. The van der Waals surface area contributed by atoms with Crippen LogP contribution in [0.25, 0.3) is 12.2 Å². The molecule has 0 aliphatic carbocycles. The summed E-state index contributed by atoms with van der Waals surface area (Å²) in [5.74, 6) is 1.88. The largest absolute Gasteiger partial charge is 0.486 e. The summed E-state index contributed by atoms with van der Waals surface area (Å²) in [6.07, 6.45) is 2.93. The van der Waals surface area contributed by atoms with E-state index in [1.807, 2.05) is 30.5 Å². The molecule has 2 heterocycles. The van der Waals surface area contributed by atoms with Crippen LogP contribution in [0.5, 0.6) is 5.75 Å². The molecule has 0 saturated heterocycles. The Morgan fingerprint density at radius 3 is 2.71 bits per heavy atom. The molecular weight excluding hydrogens is 382 g/mol. The first kappa shape index (κ1) is 21.1. The molecule has 4 nitrogen and oxygen atoms in total. The molecule has 160 valence electrons. The fraction of sp³-hybridized carbons (Fsp3) is 0.296. The number of aromatic nitrogens is 1. The smallest absolute Gasteiger partial charge is 0.143 e. The number of hydrogen-bond donors (Lipinski definition) is 1. The Labute approximate surface area is 184 Å². The molecule has 4 heteroatoms. The van der Waals surface area contributed by atoms with Gasteiger partial charge >= 0.3 is 0 Å². The van der Waals surface area contributed by atoms with E-state index in [9.17, 15) is 0 Å². The van der Waals surface area contributed by atoms with Crippen LogP contribution in [0.3, 0.4) is 0 Å². The molecule has 1 N–H and O–H groups in total. The Morgan fingerprint density at radius 1 is 1.16 bits per heavy atom. The van der Waals surface area contributed by atoms with Crippen molar-refractivity contribution in [3.63, 3.8) is 0 Å². The summed E-state index contributed by atoms with van der Waals surface area (Å²) in [7, 11) is 0. The number of nitrogens with one attached hydrogen (secondary N) is 1. The standard InChI is InChI=1S/C27H31N3O/c1-19-13-14-27(29-17-19)30-18-23(31-26-12-8-7-11-25(26)30)15-16-28-22(4)21(3)24-10-6-5-9-20(24)2/h5-14,17,22-23,28H,2,15-16,18H2,1,3-4H3. The lowest BCUT2D eigenvalue weighted by molar-refractivity contribution is 0.186. The van der Waals surface area contributed by atoms with Crippen molar-refractivity contribution in [1.82, 2.24) is 10.3 Å². The minimum absolute atomic E-state index is 0.0955. The lowest BCUT2D eigenvalue weighted by Crippen LogP contribution is -2.41. The van der Waals surface area contributed by atoms with Crippen LogP contribution in [0.4, 0.5) is 11.5 Å². The van der Waals surface area contributed by atoms with Crippen LogP contribution in [0, 0.1) is 6.92 Å². The van der Waals surface area contributed by atoms with Crippen molar-refractivity contribution < 1.29 is 4.74 Å². The van der Waals surface area contributed by atoms with Gasteiger partial charge in [-0.05, 0) is 73.5 Å². The predicted molar refractivity (Wildman–Crippen MR) is 129 cm³/mol. The summed E-state index contributed by atoms with van der Waals surface area (Å²) in [6.45, 7) is 12.3. The highest BCUT2D eigenvalue weighted by molar-refractivity contribution is 5.68. The van der Waals surface area contributed by atoms with E-state index in [1.54, 1.807) is 0 Å². The maximum Gasteiger partial charge on any atom is 0.143 e. The van der Waals surface area contributed by atoms with Gasteiger partial charge in [0.1, 0.15) is 17.7 Å². The Balaban J connectivity index is 1.45. The fourth-order valence-corrected chi connectivity index (χ4v) is 4.04. The molecular formula is C27H31N3O. The van der Waals surface area contributed by atoms with Gasteiger partial charge in [0.05, 0.1) is 12.2 Å². The quantitative estimate of drug-likeness (QED) is 0.664. The molecule has 2 aromatic carbocycles. The van der Waals surface area contributed by atoms with Gasteiger partial charge in [-0.15, -0.1) is 0 Å². The van der Waals surface area contributed by atoms with Crippen LogP contribution in [0.2, 0.25) is 0 Å². The molecule has 0 spiro atoms. The van der Waals surface area contributed by atoms with Crippen molar-refractivity contribution in [2.45, 2.75) is 39.3 Å². The Kier molecular flexibility index (Phi) is 6.38. The molecule has 0 saturated carbocycles. The average Bonchev–Trinajstić information content (AvgIpc) is 2.79. The van der Waals surface area contributed by atoms with Crippen LogP contribution in [-0.4, -0.2) is 30.2 Å². The number of ether oxygens (including phenoxy) is 1. The summed E-state index contributed by atoms with van der Waals surface area (Å²) in [6, 6.07) is 21.0. The highest BCUT2D eigenvalue weighted by Crippen LogP contribution is 2.37. The monoisotopic (exact) mass is 413 g/mol. The zero-order valence-corrected chi connectivity index (χ0v) is 18.6. The Morgan fingerprint density at radius 2 is 1.94 bits per heavy atom. The predicted octanol–water partition coefficient (Wildman–Crippen LogP) is 3.94. The average molecular weight is 414 g/mol. The van der Waals surface area contributed by atoms with E-state index in [0.29, 0.717) is 0 Å². The number of para-hydroxylation sites is 2. The van der Waals surface area contributed by atoms with Gasteiger partial charge in [0.2, 0.25) is 0 Å². The van der Waals surface area contributed by atoms with Gasteiger partial charge in [-0.1, -0.05) is 49.0 Å². The van der Waals surface area contributed by atoms with Gasteiger partial charge in [0.15, 0.2) is 0 Å². The summed E-state index contributed by atoms with van der Waals surface area (Å²) in [5, 5.41) is 5.96.